The number of carbonyl (C=O) groups is 1. The summed E-state index contributed by atoms with van der Waals surface area (Å²) < 4.78 is 0. The van der Waals surface area contributed by atoms with Gasteiger partial charge in [0.15, 0.2) is 0 Å². The van der Waals surface area contributed by atoms with Crippen LogP contribution in [0.4, 0.5) is 5.82 Å². The summed E-state index contributed by atoms with van der Waals surface area (Å²) in [4.78, 5) is 17.3. The van der Waals surface area contributed by atoms with Crippen molar-refractivity contribution in [3.8, 4) is 11.1 Å². The second kappa shape index (κ2) is 6.71. The molecule has 0 radical (unpaired) electrons. The van der Waals surface area contributed by atoms with Crippen LogP contribution in [0, 0.1) is 0 Å². The maximum Gasteiger partial charge on any atom is 0.323 e. The monoisotopic (exact) mass is 320 g/mol. The van der Waals surface area contributed by atoms with Gasteiger partial charge in [-0.3, -0.25) is 4.79 Å². The summed E-state index contributed by atoms with van der Waals surface area (Å²) in [6.07, 6.45) is 0.963. The van der Waals surface area contributed by atoms with Gasteiger partial charge in [0.2, 0.25) is 0 Å². The van der Waals surface area contributed by atoms with Crippen LogP contribution in [0.25, 0.3) is 22.0 Å². The van der Waals surface area contributed by atoms with Gasteiger partial charge in [-0.05, 0) is 41.3 Å². The lowest BCUT2D eigenvalue weighted by atomic mass is 9.99. The highest BCUT2D eigenvalue weighted by Gasteiger charge is 2.13. The quantitative estimate of drug-likeness (QED) is 0.772. The van der Waals surface area contributed by atoms with E-state index in [0.717, 1.165) is 28.5 Å². The summed E-state index contributed by atoms with van der Waals surface area (Å²) in [6, 6.07) is 18.4. The molecule has 4 nitrogen and oxygen atoms in total. The maximum absolute atomic E-state index is 11.0. The van der Waals surface area contributed by atoms with E-state index in [2.05, 4.69) is 36.2 Å². The first-order valence-corrected chi connectivity index (χ1v) is 8.00. The van der Waals surface area contributed by atoms with Crippen molar-refractivity contribution in [2.75, 3.05) is 18.5 Å². The third kappa shape index (κ3) is 3.23. The van der Waals surface area contributed by atoms with Crippen molar-refractivity contribution in [3.05, 3.63) is 60.2 Å². The molecule has 24 heavy (non-hydrogen) atoms. The molecule has 122 valence electrons. The van der Waals surface area contributed by atoms with E-state index in [4.69, 9.17) is 5.11 Å². The lowest BCUT2D eigenvalue weighted by molar-refractivity contribution is -0.135. The Hall–Kier alpha value is -2.88. The number of carboxylic acid groups (broad SMARTS) is 1. The fourth-order valence-electron chi connectivity index (χ4n) is 2.81. The first-order chi connectivity index (χ1) is 11.6. The second-order valence-corrected chi connectivity index (χ2v) is 5.85. The molecule has 0 bridgehead atoms. The van der Waals surface area contributed by atoms with Crippen LogP contribution in [0.1, 0.15) is 12.5 Å². The number of fused-ring (bicyclic) bond motifs is 1. The van der Waals surface area contributed by atoms with E-state index in [1.54, 1.807) is 11.9 Å². The van der Waals surface area contributed by atoms with Crippen LogP contribution < -0.4 is 4.90 Å². The maximum atomic E-state index is 11.0. The number of aliphatic carboxylic acids is 1. The van der Waals surface area contributed by atoms with Gasteiger partial charge in [-0.2, -0.15) is 0 Å². The van der Waals surface area contributed by atoms with Crippen molar-refractivity contribution in [1.29, 1.82) is 0 Å². The molecule has 0 spiro atoms. The van der Waals surface area contributed by atoms with E-state index < -0.39 is 5.97 Å². The number of benzene rings is 2. The summed E-state index contributed by atoms with van der Waals surface area (Å²) in [7, 11) is 1.75. The van der Waals surface area contributed by atoms with Crippen LogP contribution in [-0.4, -0.2) is 29.7 Å². The molecule has 4 heteroatoms. The molecule has 0 saturated carbocycles. The molecule has 1 N–H and O–H groups in total. The van der Waals surface area contributed by atoms with Crippen LogP contribution in [-0.2, 0) is 11.2 Å². The highest BCUT2D eigenvalue weighted by atomic mass is 16.4. The van der Waals surface area contributed by atoms with Gasteiger partial charge < -0.3 is 10.0 Å². The van der Waals surface area contributed by atoms with Gasteiger partial charge >= 0.3 is 5.97 Å². The van der Waals surface area contributed by atoms with E-state index >= 15 is 0 Å². The predicted octanol–water partition coefficient (Wildman–Crippen LogP) is 3.99. The third-order valence-corrected chi connectivity index (χ3v) is 4.12. The van der Waals surface area contributed by atoms with Crippen LogP contribution in [0.2, 0.25) is 0 Å². The van der Waals surface area contributed by atoms with E-state index in [1.165, 1.54) is 5.56 Å². The summed E-state index contributed by atoms with van der Waals surface area (Å²) in [5.41, 5.74) is 4.31. The molecule has 1 aromatic heterocycles. The van der Waals surface area contributed by atoms with Crippen LogP contribution in [0.3, 0.4) is 0 Å². The normalized spacial score (nSPS) is 10.8. The number of carboxylic acids is 1. The minimum Gasteiger partial charge on any atom is -0.480 e. The molecule has 0 amide bonds. The van der Waals surface area contributed by atoms with Crippen molar-refractivity contribution >= 4 is 22.7 Å². The van der Waals surface area contributed by atoms with Crippen molar-refractivity contribution < 1.29 is 9.90 Å². The largest absolute Gasteiger partial charge is 0.480 e. The summed E-state index contributed by atoms with van der Waals surface area (Å²) in [5.74, 6) is -0.213. The molecule has 3 rings (SSSR count). The van der Waals surface area contributed by atoms with Gasteiger partial charge in [-0.1, -0.05) is 43.3 Å². The van der Waals surface area contributed by atoms with Crippen molar-refractivity contribution in [3.63, 3.8) is 0 Å². The van der Waals surface area contributed by atoms with Crippen molar-refractivity contribution in [1.82, 2.24) is 4.98 Å². The first kappa shape index (κ1) is 16.0. The van der Waals surface area contributed by atoms with Gasteiger partial charge in [-0.15, -0.1) is 0 Å². The summed E-state index contributed by atoms with van der Waals surface area (Å²) in [5, 5.41) is 10.1. The lowest BCUT2D eigenvalue weighted by Crippen LogP contribution is -2.25. The van der Waals surface area contributed by atoms with E-state index in [-0.39, 0.29) is 6.54 Å². The molecule has 0 fully saturated rings. The number of anilines is 1. The zero-order chi connectivity index (χ0) is 17.1. The number of aryl methyl sites for hydroxylation is 1. The minimum absolute atomic E-state index is 0.0836. The molecule has 1 heterocycles. The summed E-state index contributed by atoms with van der Waals surface area (Å²) >= 11 is 0. The average molecular weight is 320 g/mol. The molecule has 0 atom stereocenters. The topological polar surface area (TPSA) is 53.4 Å². The fourth-order valence-corrected chi connectivity index (χ4v) is 2.81. The smallest absolute Gasteiger partial charge is 0.323 e. The van der Waals surface area contributed by atoms with E-state index in [9.17, 15) is 4.79 Å². The van der Waals surface area contributed by atoms with Crippen molar-refractivity contribution in [2.24, 2.45) is 0 Å². The number of nitrogens with zero attached hydrogens (tertiary/aromatic N) is 2. The van der Waals surface area contributed by atoms with Crippen LogP contribution >= 0.6 is 0 Å². The third-order valence-electron chi connectivity index (χ3n) is 4.12. The molecule has 3 aromatic rings. The fraction of sp³-hybridized carbons (Fsp3) is 0.200. The number of rotatable bonds is 5. The predicted molar refractivity (Wildman–Crippen MR) is 97.5 cm³/mol. The SMILES string of the molecule is CCc1ccc2nc(N(C)CC(=O)O)cc(-c3ccccc3)c2c1. The minimum atomic E-state index is -0.873. The Kier molecular flexibility index (Phi) is 4.47. The van der Waals surface area contributed by atoms with E-state index in [1.807, 2.05) is 30.3 Å². The van der Waals surface area contributed by atoms with Gasteiger partial charge in [-0.25, -0.2) is 4.98 Å². The first-order valence-electron chi connectivity index (χ1n) is 8.00. The number of aromatic nitrogens is 1. The van der Waals surface area contributed by atoms with Crippen molar-refractivity contribution in [2.45, 2.75) is 13.3 Å². The van der Waals surface area contributed by atoms with Crippen LogP contribution in [0.5, 0.6) is 0 Å². The van der Waals surface area contributed by atoms with Gasteiger partial charge in [0, 0.05) is 12.4 Å². The lowest BCUT2D eigenvalue weighted by Gasteiger charge is -2.18. The Labute approximate surface area is 141 Å². The molecule has 0 aliphatic carbocycles. The van der Waals surface area contributed by atoms with Gasteiger partial charge in [0.05, 0.1) is 5.52 Å². The van der Waals surface area contributed by atoms with Gasteiger partial charge in [0.1, 0.15) is 12.4 Å². The molecular weight excluding hydrogens is 300 g/mol. The molecule has 0 aliphatic heterocycles. The zero-order valence-electron chi connectivity index (χ0n) is 13.9. The Morgan fingerprint density at radius 3 is 2.54 bits per heavy atom. The number of hydrogen-bond donors (Lipinski definition) is 1. The average Bonchev–Trinajstić information content (AvgIpc) is 2.60. The Morgan fingerprint density at radius 2 is 1.88 bits per heavy atom. The number of likely N-dealkylation sites (N-methyl/N-ethyl adjacent to an activating group) is 1. The molecule has 0 saturated heterocycles. The van der Waals surface area contributed by atoms with Crippen LogP contribution in [0.15, 0.2) is 54.6 Å². The standard InChI is InChI=1S/C20H20N2O2/c1-3-14-9-10-18-17(11-14)16(15-7-5-4-6-8-15)12-19(21-18)22(2)13-20(23)24/h4-12H,3,13H2,1-2H3,(H,23,24). The Balaban J connectivity index is 2.22. The number of hydrogen-bond acceptors (Lipinski definition) is 3. The Bertz CT molecular complexity index is 875. The van der Waals surface area contributed by atoms with E-state index in [0.29, 0.717) is 5.82 Å². The second-order valence-electron chi connectivity index (χ2n) is 5.85. The Morgan fingerprint density at radius 1 is 1.12 bits per heavy atom. The number of pyridine rings is 1. The molecule has 0 unspecified atom stereocenters. The molecule has 0 aliphatic rings. The molecule has 2 aromatic carbocycles. The zero-order valence-corrected chi connectivity index (χ0v) is 13.9. The summed E-state index contributed by atoms with van der Waals surface area (Å²) in [6.45, 7) is 2.05. The van der Waals surface area contributed by atoms with Gasteiger partial charge in [0.25, 0.3) is 0 Å². The highest BCUT2D eigenvalue weighted by molar-refractivity contribution is 5.96. The molecular formula is C20H20N2O2. The highest BCUT2D eigenvalue weighted by Crippen LogP contribution is 2.31.